The second kappa shape index (κ2) is 8.87. The molecule has 0 amide bonds. The first-order valence-electron chi connectivity index (χ1n) is 8.34. The van der Waals surface area contributed by atoms with Crippen LogP contribution in [0.1, 0.15) is 18.1 Å². The predicted octanol–water partition coefficient (Wildman–Crippen LogP) is 5.33. The lowest BCUT2D eigenvalue weighted by Crippen LogP contribution is -2.30. The van der Waals surface area contributed by atoms with E-state index in [1.165, 1.54) is 12.1 Å². The summed E-state index contributed by atoms with van der Waals surface area (Å²) in [4.78, 5) is 0. The molecule has 2 rings (SSSR count). The summed E-state index contributed by atoms with van der Waals surface area (Å²) >= 11 is 5.90. The summed E-state index contributed by atoms with van der Waals surface area (Å²) in [5, 5.41) is 6.56. The fraction of sp³-hybridized carbons (Fsp3) is 0.211. The molecule has 1 N–H and O–H groups in total. The maximum atomic E-state index is 12.8. The number of benzene rings is 2. The SMILES string of the molecule is C=CCN(/N=C(\C)c1cc(C)ccc1NS(=O)(=O)C(F)(F)F)c1ccc(Cl)cc1. The van der Waals surface area contributed by atoms with Crippen molar-refractivity contribution in [1.29, 1.82) is 0 Å². The third kappa shape index (κ3) is 5.74. The zero-order valence-corrected chi connectivity index (χ0v) is 17.2. The van der Waals surface area contributed by atoms with Gasteiger partial charge in [0.1, 0.15) is 0 Å². The van der Waals surface area contributed by atoms with Crippen LogP contribution in [0.3, 0.4) is 0 Å². The smallest absolute Gasteiger partial charge is 0.275 e. The first-order chi connectivity index (χ1) is 13.4. The summed E-state index contributed by atoms with van der Waals surface area (Å²) in [5.74, 6) is 0. The summed E-state index contributed by atoms with van der Waals surface area (Å²) in [7, 11) is -5.56. The molecule has 0 heterocycles. The van der Waals surface area contributed by atoms with Gasteiger partial charge in [0.2, 0.25) is 0 Å². The summed E-state index contributed by atoms with van der Waals surface area (Å²) in [6, 6.07) is 11.1. The van der Waals surface area contributed by atoms with Crippen LogP contribution in [-0.4, -0.2) is 26.2 Å². The highest BCUT2D eigenvalue weighted by atomic mass is 35.5. The minimum atomic E-state index is -5.56. The van der Waals surface area contributed by atoms with Crippen LogP contribution < -0.4 is 9.73 Å². The standard InChI is InChI=1S/C19H19ClF3N3O2S/c1-4-11-26(16-8-6-15(20)7-9-16)24-14(3)17-12-13(2)5-10-18(17)25-29(27,28)19(21,22)23/h4-10,12,25H,1,11H2,2-3H3/b24-14+. The Bertz CT molecular complexity index is 1020. The molecule has 156 valence electrons. The molecule has 0 saturated carbocycles. The number of hydrogen-bond acceptors (Lipinski definition) is 4. The van der Waals surface area contributed by atoms with Crippen molar-refractivity contribution in [3.63, 3.8) is 0 Å². The van der Waals surface area contributed by atoms with E-state index in [0.717, 1.165) is 5.56 Å². The van der Waals surface area contributed by atoms with E-state index in [1.807, 2.05) is 0 Å². The lowest BCUT2D eigenvalue weighted by molar-refractivity contribution is -0.0429. The molecule has 10 heteroatoms. The van der Waals surface area contributed by atoms with Crippen LogP contribution in [0.5, 0.6) is 0 Å². The monoisotopic (exact) mass is 445 g/mol. The quantitative estimate of drug-likeness (QED) is 0.356. The fourth-order valence-electron chi connectivity index (χ4n) is 2.42. The molecule has 0 aromatic heterocycles. The molecular weight excluding hydrogens is 427 g/mol. The Morgan fingerprint density at radius 1 is 1.24 bits per heavy atom. The zero-order chi connectivity index (χ0) is 21.8. The number of nitrogens with zero attached hydrogens (tertiary/aromatic N) is 2. The van der Waals surface area contributed by atoms with Crippen molar-refractivity contribution in [3.05, 3.63) is 71.3 Å². The number of anilines is 2. The van der Waals surface area contributed by atoms with Crippen LogP contribution in [-0.2, 0) is 10.0 Å². The van der Waals surface area contributed by atoms with Gasteiger partial charge < -0.3 is 0 Å². The molecular formula is C19H19ClF3N3O2S. The highest BCUT2D eigenvalue weighted by Crippen LogP contribution is 2.28. The Kier molecular flexibility index (Phi) is 6.97. The maximum Gasteiger partial charge on any atom is 0.516 e. The summed E-state index contributed by atoms with van der Waals surface area (Å²) < 4.78 is 63.0. The van der Waals surface area contributed by atoms with E-state index in [0.29, 0.717) is 23.0 Å². The second-order valence-corrected chi connectivity index (χ2v) is 8.24. The molecule has 0 fully saturated rings. The molecule has 0 unspecified atom stereocenters. The van der Waals surface area contributed by atoms with Crippen molar-refractivity contribution in [2.75, 3.05) is 16.3 Å². The molecule has 0 saturated heterocycles. The lowest BCUT2D eigenvalue weighted by atomic mass is 10.1. The van der Waals surface area contributed by atoms with Gasteiger partial charge in [-0.1, -0.05) is 29.3 Å². The van der Waals surface area contributed by atoms with E-state index >= 15 is 0 Å². The predicted molar refractivity (Wildman–Crippen MR) is 111 cm³/mol. The summed E-state index contributed by atoms with van der Waals surface area (Å²) in [6.45, 7) is 7.30. The van der Waals surface area contributed by atoms with Crippen LogP contribution >= 0.6 is 11.6 Å². The van der Waals surface area contributed by atoms with E-state index < -0.39 is 15.5 Å². The van der Waals surface area contributed by atoms with Gasteiger partial charge >= 0.3 is 15.5 Å². The summed E-state index contributed by atoms with van der Waals surface area (Å²) in [6.07, 6.45) is 1.61. The van der Waals surface area contributed by atoms with E-state index in [2.05, 4.69) is 11.7 Å². The molecule has 0 aliphatic carbocycles. The number of halogens is 4. The Labute approximate surface area is 172 Å². The third-order valence-electron chi connectivity index (χ3n) is 3.81. The van der Waals surface area contributed by atoms with Crippen molar-refractivity contribution in [2.24, 2.45) is 5.10 Å². The largest absolute Gasteiger partial charge is 0.516 e. The van der Waals surface area contributed by atoms with Gasteiger partial charge in [-0.25, -0.2) is 0 Å². The normalized spacial score (nSPS) is 12.6. The number of rotatable bonds is 7. The van der Waals surface area contributed by atoms with Crippen molar-refractivity contribution >= 4 is 38.7 Å². The van der Waals surface area contributed by atoms with Crippen molar-refractivity contribution < 1.29 is 21.6 Å². The number of aryl methyl sites for hydroxylation is 1. The van der Waals surface area contributed by atoms with Crippen molar-refractivity contribution in [1.82, 2.24) is 0 Å². The molecule has 0 radical (unpaired) electrons. The molecule has 2 aromatic carbocycles. The molecule has 29 heavy (non-hydrogen) atoms. The molecule has 2 aromatic rings. The Morgan fingerprint density at radius 3 is 2.41 bits per heavy atom. The van der Waals surface area contributed by atoms with Crippen LogP contribution in [0, 0.1) is 6.92 Å². The van der Waals surface area contributed by atoms with E-state index in [-0.39, 0.29) is 11.3 Å². The average Bonchev–Trinajstić information content (AvgIpc) is 2.62. The maximum absolute atomic E-state index is 12.8. The van der Waals surface area contributed by atoms with Crippen LogP contribution in [0.4, 0.5) is 24.5 Å². The molecule has 5 nitrogen and oxygen atoms in total. The van der Waals surface area contributed by atoms with Gasteiger partial charge in [0.15, 0.2) is 0 Å². The van der Waals surface area contributed by atoms with Crippen LogP contribution in [0.2, 0.25) is 5.02 Å². The Balaban J connectivity index is 2.49. The van der Waals surface area contributed by atoms with E-state index in [9.17, 15) is 21.6 Å². The number of alkyl halides is 3. The van der Waals surface area contributed by atoms with Gasteiger partial charge in [-0.15, -0.1) is 6.58 Å². The molecule has 0 aliphatic rings. The average molecular weight is 446 g/mol. The number of hydrazone groups is 1. The molecule has 0 aliphatic heterocycles. The van der Waals surface area contributed by atoms with Gasteiger partial charge in [-0.3, -0.25) is 9.73 Å². The van der Waals surface area contributed by atoms with Gasteiger partial charge in [0, 0.05) is 10.6 Å². The number of sulfonamides is 1. The minimum Gasteiger partial charge on any atom is -0.275 e. The first-order valence-corrected chi connectivity index (χ1v) is 10.2. The highest BCUT2D eigenvalue weighted by Gasteiger charge is 2.46. The lowest BCUT2D eigenvalue weighted by Gasteiger charge is -2.20. The van der Waals surface area contributed by atoms with E-state index in [4.69, 9.17) is 11.6 Å². The van der Waals surface area contributed by atoms with Gasteiger partial charge in [-0.2, -0.15) is 26.7 Å². The van der Waals surface area contributed by atoms with Crippen molar-refractivity contribution in [2.45, 2.75) is 19.4 Å². The van der Waals surface area contributed by atoms with E-state index in [1.54, 1.807) is 60.0 Å². The van der Waals surface area contributed by atoms with Crippen LogP contribution in [0.25, 0.3) is 0 Å². The first kappa shape index (κ1) is 22.8. The van der Waals surface area contributed by atoms with Crippen LogP contribution in [0.15, 0.2) is 60.2 Å². The Hall–Kier alpha value is -2.52. The van der Waals surface area contributed by atoms with Gasteiger partial charge in [0.25, 0.3) is 0 Å². The zero-order valence-electron chi connectivity index (χ0n) is 15.7. The minimum absolute atomic E-state index is 0.219. The second-order valence-electron chi connectivity index (χ2n) is 6.13. The molecule has 0 spiro atoms. The number of nitrogens with one attached hydrogen (secondary N) is 1. The highest BCUT2D eigenvalue weighted by molar-refractivity contribution is 7.93. The summed E-state index contributed by atoms with van der Waals surface area (Å²) in [5.41, 5.74) is -3.71. The fourth-order valence-corrected chi connectivity index (χ4v) is 3.13. The third-order valence-corrected chi connectivity index (χ3v) is 5.16. The Morgan fingerprint density at radius 2 is 1.86 bits per heavy atom. The number of hydrogen-bond donors (Lipinski definition) is 1. The van der Waals surface area contributed by atoms with Gasteiger partial charge in [0.05, 0.1) is 23.6 Å². The molecule has 0 bridgehead atoms. The van der Waals surface area contributed by atoms with Crippen molar-refractivity contribution in [3.8, 4) is 0 Å². The topological polar surface area (TPSA) is 61.8 Å². The molecule has 0 atom stereocenters. The van der Waals surface area contributed by atoms with Gasteiger partial charge in [-0.05, 0) is 50.2 Å².